The zero-order chi connectivity index (χ0) is 23.9. The highest BCUT2D eigenvalue weighted by molar-refractivity contribution is 7.17. The topological polar surface area (TPSA) is 71.6 Å². The fraction of sp³-hybridized carbons (Fsp3) is 0.308. The Morgan fingerprint density at radius 3 is 2.36 bits per heavy atom. The summed E-state index contributed by atoms with van der Waals surface area (Å²) < 4.78 is 12.0. The zero-order valence-corrected chi connectivity index (χ0v) is 20.5. The molecule has 0 aliphatic rings. The van der Waals surface area contributed by atoms with Gasteiger partial charge in [-0.05, 0) is 75.9 Å². The van der Waals surface area contributed by atoms with E-state index in [-0.39, 0.29) is 17.7 Å². The largest absolute Gasteiger partial charge is 0.496 e. The van der Waals surface area contributed by atoms with E-state index in [2.05, 4.69) is 4.98 Å². The van der Waals surface area contributed by atoms with Crippen molar-refractivity contribution >= 4 is 44.1 Å². The number of nitrogens with one attached hydrogen (secondary N) is 1. The lowest BCUT2D eigenvalue weighted by atomic mass is 9.97. The number of anilines is 1. The first kappa shape index (κ1) is 22.9. The number of amides is 1. The zero-order valence-electron chi connectivity index (χ0n) is 19.7. The maximum absolute atomic E-state index is 12.8. The smallest absolute Gasteiger partial charge is 0.415 e. The van der Waals surface area contributed by atoms with E-state index < -0.39 is 5.60 Å². The minimum absolute atomic E-state index is 0.0757. The third-order valence-electron chi connectivity index (χ3n) is 5.32. The molecule has 0 saturated carbocycles. The number of hydrogen-bond acceptors (Lipinski definition) is 5. The molecule has 0 unspecified atom stereocenters. The normalized spacial score (nSPS) is 11.8. The van der Waals surface area contributed by atoms with Crippen LogP contribution in [0.5, 0.6) is 5.75 Å². The minimum Gasteiger partial charge on any atom is -0.496 e. The van der Waals surface area contributed by atoms with Crippen LogP contribution in [0.25, 0.3) is 32.1 Å². The van der Waals surface area contributed by atoms with Gasteiger partial charge in [0.15, 0.2) is 0 Å². The Morgan fingerprint density at radius 2 is 1.76 bits per heavy atom. The van der Waals surface area contributed by atoms with E-state index >= 15 is 0 Å². The summed E-state index contributed by atoms with van der Waals surface area (Å²) in [7, 11) is 1.64. The first-order chi connectivity index (χ1) is 15.6. The van der Waals surface area contributed by atoms with Gasteiger partial charge in [-0.2, -0.15) is 0 Å². The molecule has 0 fully saturated rings. The maximum Gasteiger partial charge on any atom is 0.415 e. The quantitative estimate of drug-likeness (QED) is 0.371. The third kappa shape index (κ3) is 4.33. The number of thiophene rings is 1. The van der Waals surface area contributed by atoms with Crippen LogP contribution in [0.3, 0.4) is 0 Å². The molecule has 172 valence electrons. The summed E-state index contributed by atoms with van der Waals surface area (Å²) in [6.45, 7) is 9.48. The fourth-order valence-electron chi connectivity index (χ4n) is 4.00. The number of fused-ring (bicyclic) bond motifs is 3. The van der Waals surface area contributed by atoms with Crippen molar-refractivity contribution in [3.8, 4) is 16.9 Å². The molecule has 1 N–H and O–H groups in total. The second-order valence-corrected chi connectivity index (χ2v) is 10.1. The molecule has 1 amide bonds. The Labute approximate surface area is 196 Å². The summed E-state index contributed by atoms with van der Waals surface area (Å²) in [5.74, 6) is 0.711. The number of carbonyl (C=O) groups excluding carboxylic acids is 1. The van der Waals surface area contributed by atoms with Crippen LogP contribution in [0.15, 0.2) is 52.6 Å². The standard InChI is InChI=1S/C26H28N2O4S/c1-15(2)28(25(30)32-26(3,4)5)17-9-7-16(8-10-17)21-20(31-6)12-11-19-22(21)18-13-14-33-23(18)24(29)27-19/h7-15H,1-6H3,(H,27,29). The van der Waals surface area contributed by atoms with E-state index in [0.29, 0.717) is 10.4 Å². The predicted molar refractivity (Wildman–Crippen MR) is 136 cm³/mol. The van der Waals surface area contributed by atoms with Crippen molar-refractivity contribution < 1.29 is 14.3 Å². The number of aromatic amines is 1. The summed E-state index contributed by atoms with van der Waals surface area (Å²) in [6, 6.07) is 13.4. The van der Waals surface area contributed by atoms with Gasteiger partial charge in [-0.25, -0.2) is 4.79 Å². The second kappa shape index (κ2) is 8.56. The molecule has 0 spiro atoms. The number of carbonyl (C=O) groups is 1. The highest BCUT2D eigenvalue weighted by Crippen LogP contribution is 2.40. The summed E-state index contributed by atoms with van der Waals surface area (Å²) >= 11 is 1.42. The number of benzene rings is 2. The molecule has 0 atom stereocenters. The van der Waals surface area contributed by atoms with E-state index in [1.54, 1.807) is 12.0 Å². The van der Waals surface area contributed by atoms with E-state index in [0.717, 1.165) is 33.1 Å². The first-order valence-electron chi connectivity index (χ1n) is 10.8. The summed E-state index contributed by atoms with van der Waals surface area (Å²) in [6.07, 6.45) is -0.384. The average molecular weight is 465 g/mol. The molecule has 4 rings (SSSR count). The van der Waals surface area contributed by atoms with Gasteiger partial charge in [0.25, 0.3) is 5.56 Å². The minimum atomic E-state index is -0.580. The lowest BCUT2D eigenvalue weighted by Crippen LogP contribution is -2.41. The molecule has 4 aromatic rings. The van der Waals surface area contributed by atoms with Crippen molar-refractivity contribution in [2.24, 2.45) is 0 Å². The Hall–Kier alpha value is -3.32. The third-order valence-corrected chi connectivity index (χ3v) is 6.23. The van der Waals surface area contributed by atoms with E-state index in [9.17, 15) is 9.59 Å². The van der Waals surface area contributed by atoms with Gasteiger partial charge in [0.2, 0.25) is 0 Å². The summed E-state index contributed by atoms with van der Waals surface area (Å²) in [5, 5.41) is 3.76. The molecule has 0 saturated heterocycles. The predicted octanol–water partition coefficient (Wildman–Crippen LogP) is 6.57. The van der Waals surface area contributed by atoms with Crippen molar-refractivity contribution in [1.82, 2.24) is 4.98 Å². The highest BCUT2D eigenvalue weighted by Gasteiger charge is 2.26. The van der Waals surface area contributed by atoms with Crippen LogP contribution in [0.1, 0.15) is 34.6 Å². The lowest BCUT2D eigenvalue weighted by molar-refractivity contribution is 0.0570. The monoisotopic (exact) mass is 464 g/mol. The molecule has 2 heterocycles. The van der Waals surface area contributed by atoms with Crippen molar-refractivity contribution in [2.75, 3.05) is 12.0 Å². The molecule has 2 aromatic carbocycles. The van der Waals surface area contributed by atoms with Crippen LogP contribution in [-0.2, 0) is 4.74 Å². The van der Waals surface area contributed by atoms with Gasteiger partial charge >= 0.3 is 6.09 Å². The Kier molecular flexibility index (Phi) is 5.93. The summed E-state index contributed by atoms with van der Waals surface area (Å²) in [4.78, 5) is 29.9. The van der Waals surface area contributed by atoms with Gasteiger partial charge in [-0.3, -0.25) is 9.69 Å². The SMILES string of the molecule is COc1ccc2[nH]c(=O)c3sccc3c2c1-c1ccc(N(C(=O)OC(C)(C)C)C(C)C)cc1. The van der Waals surface area contributed by atoms with Gasteiger partial charge in [-0.1, -0.05) is 12.1 Å². The Bertz CT molecular complexity index is 1380. The number of aromatic nitrogens is 1. The van der Waals surface area contributed by atoms with Crippen LogP contribution in [0.4, 0.5) is 10.5 Å². The van der Waals surface area contributed by atoms with Crippen molar-refractivity contribution in [1.29, 1.82) is 0 Å². The molecule has 6 nitrogen and oxygen atoms in total. The van der Waals surface area contributed by atoms with Gasteiger partial charge in [0.1, 0.15) is 16.1 Å². The average Bonchev–Trinajstić information content (AvgIpc) is 3.23. The fourth-order valence-corrected chi connectivity index (χ4v) is 4.79. The van der Waals surface area contributed by atoms with Crippen LogP contribution in [0.2, 0.25) is 0 Å². The number of H-pyrrole nitrogens is 1. The van der Waals surface area contributed by atoms with Crippen LogP contribution >= 0.6 is 11.3 Å². The maximum atomic E-state index is 12.8. The number of pyridine rings is 1. The number of ether oxygens (including phenoxy) is 2. The Balaban J connectivity index is 1.85. The molecule has 0 bridgehead atoms. The van der Waals surface area contributed by atoms with Crippen LogP contribution < -0.4 is 15.2 Å². The summed E-state index contributed by atoms with van der Waals surface area (Å²) in [5.41, 5.74) is 2.65. The van der Waals surface area contributed by atoms with Crippen molar-refractivity contribution in [3.05, 3.63) is 58.2 Å². The number of methoxy groups -OCH3 is 1. The van der Waals surface area contributed by atoms with Crippen molar-refractivity contribution in [3.63, 3.8) is 0 Å². The molecule has 0 aliphatic heterocycles. The Morgan fingerprint density at radius 1 is 1.06 bits per heavy atom. The molecule has 0 radical (unpaired) electrons. The van der Waals surface area contributed by atoms with Gasteiger partial charge < -0.3 is 14.5 Å². The molecule has 7 heteroatoms. The van der Waals surface area contributed by atoms with Crippen LogP contribution in [0, 0.1) is 0 Å². The van der Waals surface area contributed by atoms with Crippen LogP contribution in [-0.4, -0.2) is 29.8 Å². The van der Waals surface area contributed by atoms with Crippen molar-refractivity contribution in [2.45, 2.75) is 46.3 Å². The van der Waals surface area contributed by atoms with Gasteiger partial charge in [-0.15, -0.1) is 11.3 Å². The van der Waals surface area contributed by atoms with E-state index in [1.807, 2.05) is 82.5 Å². The lowest BCUT2D eigenvalue weighted by Gasteiger charge is -2.30. The van der Waals surface area contributed by atoms with Gasteiger partial charge in [0.05, 0.1) is 7.11 Å². The van der Waals surface area contributed by atoms with E-state index in [4.69, 9.17) is 9.47 Å². The number of rotatable bonds is 4. The van der Waals surface area contributed by atoms with Gasteiger partial charge in [0, 0.05) is 33.6 Å². The molecule has 33 heavy (non-hydrogen) atoms. The molecular weight excluding hydrogens is 436 g/mol. The highest BCUT2D eigenvalue weighted by atomic mass is 32.1. The molecular formula is C26H28N2O4S. The number of nitrogens with zero attached hydrogens (tertiary/aromatic N) is 1. The molecule has 0 aliphatic carbocycles. The van der Waals surface area contributed by atoms with E-state index in [1.165, 1.54) is 11.3 Å². The second-order valence-electron chi connectivity index (χ2n) is 9.17. The molecule has 2 aromatic heterocycles. The number of hydrogen-bond donors (Lipinski definition) is 1. The first-order valence-corrected chi connectivity index (χ1v) is 11.7.